The molecule has 0 amide bonds. The Morgan fingerprint density at radius 1 is 1.58 bits per heavy atom. The highest BCUT2D eigenvalue weighted by Gasteiger charge is 2.33. The van der Waals surface area contributed by atoms with Crippen LogP contribution in [0.4, 0.5) is 5.69 Å². The molecule has 5 heteroatoms. The van der Waals surface area contributed by atoms with E-state index in [-0.39, 0.29) is 5.54 Å². The third kappa shape index (κ3) is 3.38. The molecule has 1 atom stereocenters. The summed E-state index contributed by atoms with van der Waals surface area (Å²) in [5.41, 5.74) is 1.42. The van der Waals surface area contributed by atoms with Crippen LogP contribution in [0.3, 0.4) is 0 Å². The molecule has 2 N–H and O–H groups in total. The number of nitriles is 1. The molecular formula is C14H18ClN3O. The van der Waals surface area contributed by atoms with Gasteiger partial charge in [-0.25, -0.2) is 0 Å². The highest BCUT2D eigenvalue weighted by molar-refractivity contribution is 6.32. The van der Waals surface area contributed by atoms with Crippen molar-refractivity contribution in [3.63, 3.8) is 0 Å². The summed E-state index contributed by atoms with van der Waals surface area (Å²) in [5, 5.41) is 16.2. The van der Waals surface area contributed by atoms with Gasteiger partial charge in [-0.1, -0.05) is 11.6 Å². The predicted molar refractivity (Wildman–Crippen MR) is 76.5 cm³/mol. The molecule has 0 aliphatic carbocycles. The maximum atomic E-state index is 8.84. The maximum absolute atomic E-state index is 8.84. The lowest BCUT2D eigenvalue weighted by Gasteiger charge is -2.29. The number of nitrogens with one attached hydrogen (secondary N) is 2. The fraction of sp³-hybridized carbons (Fsp3) is 0.500. The SMILES string of the molecule is COCC1(CNc2ccc(C#N)c(Cl)c2)CCCN1. The van der Waals surface area contributed by atoms with Crippen molar-refractivity contribution in [2.24, 2.45) is 0 Å². The average molecular weight is 280 g/mol. The standard InChI is InChI=1S/C14H18ClN3O/c1-19-10-14(5-2-6-18-14)9-17-12-4-3-11(8-16)13(15)7-12/h3-4,7,17-18H,2,5-6,9-10H2,1H3. The van der Waals surface area contributed by atoms with Crippen LogP contribution in [0.2, 0.25) is 5.02 Å². The smallest absolute Gasteiger partial charge is 0.101 e. The highest BCUT2D eigenvalue weighted by Crippen LogP contribution is 2.23. The van der Waals surface area contributed by atoms with Crippen molar-refractivity contribution in [1.82, 2.24) is 5.32 Å². The third-order valence-electron chi connectivity index (χ3n) is 3.47. The summed E-state index contributed by atoms with van der Waals surface area (Å²) in [4.78, 5) is 0. The van der Waals surface area contributed by atoms with E-state index < -0.39 is 0 Å². The number of hydrogen-bond acceptors (Lipinski definition) is 4. The molecule has 0 spiro atoms. The zero-order valence-corrected chi connectivity index (χ0v) is 11.8. The Morgan fingerprint density at radius 2 is 2.42 bits per heavy atom. The second-order valence-corrected chi connectivity index (χ2v) is 5.31. The monoisotopic (exact) mass is 279 g/mol. The van der Waals surface area contributed by atoms with Crippen molar-refractivity contribution in [3.8, 4) is 6.07 Å². The van der Waals surface area contributed by atoms with E-state index >= 15 is 0 Å². The van der Waals surface area contributed by atoms with Crippen molar-refractivity contribution < 1.29 is 4.74 Å². The minimum atomic E-state index is -0.00484. The quantitative estimate of drug-likeness (QED) is 0.869. The van der Waals surface area contributed by atoms with Gasteiger partial charge in [0.1, 0.15) is 6.07 Å². The number of halogens is 1. The van der Waals surface area contributed by atoms with E-state index in [0.717, 1.165) is 25.2 Å². The topological polar surface area (TPSA) is 57.1 Å². The lowest BCUT2D eigenvalue weighted by Crippen LogP contribution is -2.49. The molecule has 0 aromatic heterocycles. The molecule has 1 aromatic rings. The van der Waals surface area contributed by atoms with E-state index in [1.54, 1.807) is 19.2 Å². The molecule has 0 bridgehead atoms. The van der Waals surface area contributed by atoms with Gasteiger partial charge in [0.15, 0.2) is 0 Å². The minimum Gasteiger partial charge on any atom is -0.383 e. The third-order valence-corrected chi connectivity index (χ3v) is 3.79. The molecule has 1 aliphatic rings. The number of ether oxygens (including phenoxy) is 1. The summed E-state index contributed by atoms with van der Waals surface area (Å²) in [5.74, 6) is 0. The van der Waals surface area contributed by atoms with E-state index in [9.17, 15) is 0 Å². The van der Waals surface area contributed by atoms with Crippen LogP contribution >= 0.6 is 11.6 Å². The first-order valence-corrected chi connectivity index (χ1v) is 6.74. The first kappa shape index (κ1) is 14.1. The largest absolute Gasteiger partial charge is 0.383 e. The molecule has 1 heterocycles. The Morgan fingerprint density at radius 3 is 3.00 bits per heavy atom. The van der Waals surface area contributed by atoms with Crippen LogP contribution in [0.25, 0.3) is 0 Å². The van der Waals surface area contributed by atoms with Gasteiger partial charge in [-0.15, -0.1) is 0 Å². The van der Waals surface area contributed by atoms with Gasteiger partial charge in [0.2, 0.25) is 0 Å². The Kier molecular flexibility index (Phi) is 4.65. The number of anilines is 1. The Labute approximate surface area is 118 Å². The number of methoxy groups -OCH3 is 1. The van der Waals surface area contributed by atoms with E-state index in [4.69, 9.17) is 21.6 Å². The van der Waals surface area contributed by atoms with Crippen molar-refractivity contribution in [3.05, 3.63) is 28.8 Å². The second kappa shape index (κ2) is 6.25. The number of nitrogens with zero attached hydrogens (tertiary/aromatic N) is 1. The number of hydrogen-bond donors (Lipinski definition) is 2. The lowest BCUT2D eigenvalue weighted by atomic mass is 9.98. The van der Waals surface area contributed by atoms with Gasteiger partial charge >= 0.3 is 0 Å². The summed E-state index contributed by atoms with van der Waals surface area (Å²) in [7, 11) is 1.72. The first-order valence-electron chi connectivity index (χ1n) is 6.37. The summed E-state index contributed by atoms with van der Waals surface area (Å²) in [6.07, 6.45) is 2.26. The van der Waals surface area contributed by atoms with Crippen molar-refractivity contribution in [2.75, 3.05) is 32.1 Å². The average Bonchev–Trinajstić information content (AvgIpc) is 2.86. The number of rotatable bonds is 5. The van der Waals surface area contributed by atoms with E-state index in [1.165, 1.54) is 6.42 Å². The van der Waals surface area contributed by atoms with Crippen LogP contribution in [0, 0.1) is 11.3 Å². The van der Waals surface area contributed by atoms with Crippen LogP contribution in [-0.4, -0.2) is 32.3 Å². The van der Waals surface area contributed by atoms with Crippen molar-refractivity contribution in [1.29, 1.82) is 5.26 Å². The fourth-order valence-electron chi connectivity index (χ4n) is 2.46. The lowest BCUT2D eigenvalue weighted by molar-refractivity contribution is 0.127. The summed E-state index contributed by atoms with van der Waals surface area (Å²) < 4.78 is 5.31. The minimum absolute atomic E-state index is 0.00484. The molecule has 0 radical (unpaired) electrons. The zero-order chi connectivity index (χ0) is 13.7. The Balaban J connectivity index is 2.01. The first-order chi connectivity index (χ1) is 9.19. The summed E-state index contributed by atoms with van der Waals surface area (Å²) >= 11 is 6.02. The number of benzene rings is 1. The highest BCUT2D eigenvalue weighted by atomic mass is 35.5. The van der Waals surface area contributed by atoms with E-state index in [0.29, 0.717) is 17.2 Å². The maximum Gasteiger partial charge on any atom is 0.101 e. The molecule has 102 valence electrons. The van der Waals surface area contributed by atoms with Gasteiger partial charge in [-0.3, -0.25) is 0 Å². The summed E-state index contributed by atoms with van der Waals surface area (Å²) in [6.45, 7) is 2.49. The summed E-state index contributed by atoms with van der Waals surface area (Å²) in [6, 6.07) is 7.45. The van der Waals surface area contributed by atoms with Crippen molar-refractivity contribution >= 4 is 17.3 Å². The molecule has 19 heavy (non-hydrogen) atoms. The van der Waals surface area contributed by atoms with E-state index in [2.05, 4.69) is 16.7 Å². The van der Waals surface area contributed by atoms with Gasteiger partial charge in [0.05, 0.1) is 22.7 Å². The zero-order valence-electron chi connectivity index (χ0n) is 11.0. The van der Waals surface area contributed by atoms with Gasteiger partial charge in [0.25, 0.3) is 0 Å². The van der Waals surface area contributed by atoms with Crippen LogP contribution < -0.4 is 10.6 Å². The molecule has 1 unspecified atom stereocenters. The fourth-order valence-corrected chi connectivity index (χ4v) is 2.68. The normalized spacial score (nSPS) is 22.2. The second-order valence-electron chi connectivity index (χ2n) is 4.90. The molecule has 4 nitrogen and oxygen atoms in total. The van der Waals surface area contributed by atoms with Gasteiger partial charge in [-0.05, 0) is 37.6 Å². The molecule has 1 aromatic carbocycles. The molecule has 0 saturated carbocycles. The molecule has 2 rings (SSSR count). The van der Waals surface area contributed by atoms with Gasteiger partial charge in [0, 0.05) is 19.3 Å². The van der Waals surface area contributed by atoms with Crippen LogP contribution in [0.15, 0.2) is 18.2 Å². The molecule has 1 fully saturated rings. The van der Waals surface area contributed by atoms with Crippen LogP contribution in [0.1, 0.15) is 18.4 Å². The predicted octanol–water partition coefficient (Wildman–Crippen LogP) is 2.39. The molecule has 1 aliphatic heterocycles. The Hall–Kier alpha value is -1.28. The molecule has 1 saturated heterocycles. The van der Waals surface area contributed by atoms with Crippen LogP contribution in [-0.2, 0) is 4.74 Å². The van der Waals surface area contributed by atoms with Gasteiger partial charge in [-0.2, -0.15) is 5.26 Å². The van der Waals surface area contributed by atoms with E-state index in [1.807, 2.05) is 6.07 Å². The van der Waals surface area contributed by atoms with Gasteiger partial charge < -0.3 is 15.4 Å². The molecular weight excluding hydrogens is 262 g/mol. The van der Waals surface area contributed by atoms with Crippen molar-refractivity contribution in [2.45, 2.75) is 18.4 Å². The Bertz CT molecular complexity index is 478. The van der Waals surface area contributed by atoms with Crippen LogP contribution in [0.5, 0.6) is 0 Å².